The molecule has 0 radical (unpaired) electrons. The number of carbonyl (C=O) groups excluding carboxylic acids is 2. The summed E-state index contributed by atoms with van der Waals surface area (Å²) in [5, 5.41) is 4.93. The molecule has 0 aliphatic rings. The molecule has 0 spiro atoms. The first-order chi connectivity index (χ1) is 12.5. The minimum Gasteiger partial charge on any atom is -0.466 e. The lowest BCUT2D eigenvalue weighted by atomic mass is 10.3. The van der Waals surface area contributed by atoms with E-state index in [1.165, 1.54) is 34.4 Å². The molecule has 1 amide bonds. The summed E-state index contributed by atoms with van der Waals surface area (Å²) in [7, 11) is 0. The van der Waals surface area contributed by atoms with E-state index in [0.29, 0.717) is 17.4 Å². The number of hydrogen-bond acceptors (Lipinski definition) is 8. The molecule has 6 nitrogen and oxygen atoms in total. The summed E-state index contributed by atoms with van der Waals surface area (Å²) < 4.78 is 6.70. The van der Waals surface area contributed by atoms with Crippen LogP contribution in [-0.4, -0.2) is 33.7 Å². The molecule has 1 aromatic carbocycles. The van der Waals surface area contributed by atoms with Crippen molar-refractivity contribution in [1.29, 1.82) is 0 Å². The van der Waals surface area contributed by atoms with E-state index in [1.54, 1.807) is 6.92 Å². The second-order valence-electron chi connectivity index (χ2n) is 5.32. The Morgan fingerprint density at radius 1 is 1.31 bits per heavy atom. The quantitative estimate of drug-likeness (QED) is 0.471. The molecule has 0 fully saturated rings. The third kappa shape index (κ3) is 4.80. The Morgan fingerprint density at radius 2 is 2.12 bits per heavy atom. The molecular weight excluding hydrogens is 390 g/mol. The number of nitrogens with zero attached hydrogens (tertiary/aromatic N) is 2. The summed E-state index contributed by atoms with van der Waals surface area (Å²) in [6, 6.07) is 7.76. The van der Waals surface area contributed by atoms with Gasteiger partial charge in [-0.1, -0.05) is 35.2 Å². The van der Waals surface area contributed by atoms with E-state index >= 15 is 0 Å². The first kappa shape index (κ1) is 18.8. The fourth-order valence-electron chi connectivity index (χ4n) is 2.12. The van der Waals surface area contributed by atoms with Crippen LogP contribution in [0.5, 0.6) is 0 Å². The molecule has 2 heterocycles. The minimum absolute atomic E-state index is 0.129. The predicted octanol–water partition coefficient (Wildman–Crippen LogP) is 3.98. The van der Waals surface area contributed by atoms with Crippen molar-refractivity contribution in [3.05, 3.63) is 35.3 Å². The van der Waals surface area contributed by atoms with Crippen LogP contribution in [0.25, 0.3) is 10.2 Å². The molecule has 136 valence electrons. The number of carbonyl (C=O) groups is 2. The smallest absolute Gasteiger partial charge is 0.311 e. The van der Waals surface area contributed by atoms with Gasteiger partial charge in [0.1, 0.15) is 0 Å². The van der Waals surface area contributed by atoms with E-state index in [-0.39, 0.29) is 23.5 Å². The molecular formula is C17H17N3O3S3. The first-order valence-electron chi connectivity index (χ1n) is 7.98. The zero-order chi connectivity index (χ0) is 18.5. The van der Waals surface area contributed by atoms with Crippen molar-refractivity contribution in [3.8, 4) is 0 Å². The van der Waals surface area contributed by atoms with Gasteiger partial charge < -0.3 is 10.1 Å². The van der Waals surface area contributed by atoms with Crippen LogP contribution >= 0.6 is 34.4 Å². The monoisotopic (exact) mass is 407 g/mol. The second-order valence-corrected chi connectivity index (χ2v) is 8.80. The van der Waals surface area contributed by atoms with Gasteiger partial charge in [0.15, 0.2) is 9.47 Å². The number of benzene rings is 1. The number of ether oxygens (including phenoxy) is 1. The van der Waals surface area contributed by atoms with Crippen LogP contribution in [0.4, 0.5) is 5.13 Å². The van der Waals surface area contributed by atoms with E-state index in [0.717, 1.165) is 14.6 Å². The number of anilines is 1. The van der Waals surface area contributed by atoms with Gasteiger partial charge in [-0.05, 0) is 26.0 Å². The molecule has 3 rings (SSSR count). The van der Waals surface area contributed by atoms with Crippen LogP contribution in [-0.2, 0) is 20.7 Å². The summed E-state index contributed by atoms with van der Waals surface area (Å²) in [5.41, 5.74) is 1.53. The van der Waals surface area contributed by atoms with Crippen LogP contribution < -0.4 is 5.32 Å². The highest BCUT2D eigenvalue weighted by Crippen LogP contribution is 2.29. The van der Waals surface area contributed by atoms with Crippen LogP contribution in [0.15, 0.2) is 34.0 Å². The van der Waals surface area contributed by atoms with Crippen LogP contribution in [0, 0.1) is 0 Å². The average molecular weight is 408 g/mol. The largest absolute Gasteiger partial charge is 0.466 e. The number of esters is 1. The molecule has 0 saturated heterocycles. The fourth-order valence-corrected chi connectivity index (χ4v) is 4.97. The predicted molar refractivity (Wildman–Crippen MR) is 106 cm³/mol. The highest BCUT2D eigenvalue weighted by molar-refractivity contribution is 8.02. The summed E-state index contributed by atoms with van der Waals surface area (Å²) in [4.78, 5) is 32.7. The number of aromatic nitrogens is 2. The lowest BCUT2D eigenvalue weighted by Gasteiger charge is -2.08. The summed E-state index contributed by atoms with van der Waals surface area (Å²) in [6.07, 6.45) is 0.150. The lowest BCUT2D eigenvalue weighted by Crippen LogP contribution is -2.22. The van der Waals surface area contributed by atoms with E-state index < -0.39 is 0 Å². The van der Waals surface area contributed by atoms with Gasteiger partial charge in [-0.2, -0.15) is 0 Å². The Morgan fingerprint density at radius 3 is 2.88 bits per heavy atom. The Hall–Kier alpha value is -1.97. The van der Waals surface area contributed by atoms with Gasteiger partial charge in [0.25, 0.3) is 0 Å². The fraction of sp³-hybridized carbons (Fsp3) is 0.294. The number of fused-ring (bicyclic) bond motifs is 1. The molecule has 0 bridgehead atoms. The number of nitrogens with one attached hydrogen (secondary N) is 1. The molecule has 1 atom stereocenters. The normalized spacial score (nSPS) is 12.1. The van der Waals surface area contributed by atoms with E-state index in [1.807, 2.05) is 36.6 Å². The molecule has 3 aromatic rings. The number of thioether (sulfide) groups is 1. The van der Waals surface area contributed by atoms with Gasteiger partial charge in [-0.15, -0.1) is 11.3 Å². The standard InChI is InChI=1S/C17H17N3O3S3/c1-3-23-14(21)8-11-9-24-17(18-11)25-10(2)15(22)20-16-19-12-6-4-5-7-13(12)26-16/h4-7,9-10H,3,8H2,1-2H3,(H,19,20,22). The van der Waals surface area contributed by atoms with Crippen LogP contribution in [0.2, 0.25) is 0 Å². The van der Waals surface area contributed by atoms with Crippen LogP contribution in [0.3, 0.4) is 0 Å². The van der Waals surface area contributed by atoms with Crippen molar-refractivity contribution < 1.29 is 14.3 Å². The number of hydrogen-bond donors (Lipinski definition) is 1. The van der Waals surface area contributed by atoms with E-state index in [9.17, 15) is 9.59 Å². The van der Waals surface area contributed by atoms with Crippen LogP contribution in [0.1, 0.15) is 19.5 Å². The molecule has 26 heavy (non-hydrogen) atoms. The van der Waals surface area contributed by atoms with Gasteiger partial charge in [-0.25, -0.2) is 9.97 Å². The van der Waals surface area contributed by atoms with Crippen molar-refractivity contribution in [3.63, 3.8) is 0 Å². The Kier molecular flexibility index (Phi) is 6.23. The lowest BCUT2D eigenvalue weighted by molar-refractivity contribution is -0.142. The molecule has 9 heteroatoms. The number of amides is 1. The highest BCUT2D eigenvalue weighted by atomic mass is 32.2. The molecule has 1 unspecified atom stereocenters. The molecule has 1 N–H and O–H groups in total. The maximum absolute atomic E-state index is 12.4. The maximum Gasteiger partial charge on any atom is 0.311 e. The van der Waals surface area contributed by atoms with Crippen molar-refractivity contribution in [2.45, 2.75) is 29.9 Å². The topological polar surface area (TPSA) is 81.2 Å². The maximum atomic E-state index is 12.4. The van der Waals surface area contributed by atoms with E-state index in [2.05, 4.69) is 15.3 Å². The van der Waals surface area contributed by atoms with Crippen molar-refractivity contribution in [2.24, 2.45) is 0 Å². The van der Waals surface area contributed by atoms with Gasteiger partial charge >= 0.3 is 5.97 Å². The van der Waals surface area contributed by atoms with Crippen molar-refractivity contribution in [1.82, 2.24) is 9.97 Å². The second kappa shape index (κ2) is 8.61. The third-order valence-corrected chi connectivity index (χ3v) is 6.40. The average Bonchev–Trinajstić information content (AvgIpc) is 3.20. The molecule has 2 aromatic heterocycles. The zero-order valence-corrected chi connectivity index (χ0v) is 16.7. The third-order valence-electron chi connectivity index (χ3n) is 3.33. The molecule has 0 saturated carbocycles. The SMILES string of the molecule is CCOC(=O)Cc1csc(SC(C)C(=O)Nc2nc3ccccc3s2)n1. The highest BCUT2D eigenvalue weighted by Gasteiger charge is 2.18. The number of para-hydroxylation sites is 1. The Bertz CT molecular complexity index is 889. The number of rotatable bonds is 7. The van der Waals surface area contributed by atoms with Crippen molar-refractivity contribution >= 4 is 61.7 Å². The Labute approximate surface area is 163 Å². The first-order valence-corrected chi connectivity index (χ1v) is 10.6. The summed E-state index contributed by atoms with van der Waals surface area (Å²) in [6.45, 7) is 3.94. The van der Waals surface area contributed by atoms with Gasteiger partial charge in [0.2, 0.25) is 5.91 Å². The zero-order valence-electron chi connectivity index (χ0n) is 14.2. The summed E-state index contributed by atoms with van der Waals surface area (Å²) in [5.74, 6) is -0.424. The van der Waals surface area contributed by atoms with Gasteiger partial charge in [0, 0.05) is 5.38 Å². The molecule has 0 aliphatic heterocycles. The van der Waals surface area contributed by atoms with E-state index in [4.69, 9.17) is 4.74 Å². The minimum atomic E-state index is -0.330. The van der Waals surface area contributed by atoms with Crippen molar-refractivity contribution in [2.75, 3.05) is 11.9 Å². The summed E-state index contributed by atoms with van der Waals surface area (Å²) >= 11 is 4.22. The molecule has 0 aliphatic carbocycles. The number of thiazole rings is 2. The van der Waals surface area contributed by atoms with Gasteiger partial charge in [-0.3, -0.25) is 9.59 Å². The van der Waals surface area contributed by atoms with Gasteiger partial charge in [0.05, 0.1) is 34.2 Å². The Balaban J connectivity index is 1.57.